The van der Waals surface area contributed by atoms with Gasteiger partial charge in [0, 0.05) is 23.6 Å². The predicted molar refractivity (Wildman–Crippen MR) is 109 cm³/mol. The fourth-order valence-corrected chi connectivity index (χ4v) is 3.11. The third-order valence-electron chi connectivity index (χ3n) is 4.52. The molecule has 0 bridgehead atoms. The molecule has 0 amide bonds. The molecule has 30 heavy (non-hydrogen) atoms. The standard InChI is InChI=1S/C20H15ClN4O5/c1-29-19(27)12-4-7-14-15(10-12)22-20(28)25(18(14)26)9-8-16-23-17(24-30-16)11-2-5-13(21)6-3-11/h2-7,10H,8-9H2,1H3,(H,22,28). The molecule has 2 aromatic carbocycles. The van der Waals surface area contributed by atoms with Gasteiger partial charge < -0.3 is 14.2 Å². The van der Waals surface area contributed by atoms with Crippen molar-refractivity contribution in [1.82, 2.24) is 19.7 Å². The zero-order valence-corrected chi connectivity index (χ0v) is 16.5. The molecule has 4 aromatic rings. The minimum absolute atomic E-state index is 0.0467. The number of ether oxygens (including phenoxy) is 1. The zero-order chi connectivity index (χ0) is 21.3. The molecule has 0 atom stereocenters. The molecule has 152 valence electrons. The molecular weight excluding hydrogens is 412 g/mol. The van der Waals surface area contributed by atoms with E-state index in [1.807, 2.05) is 0 Å². The average molecular weight is 427 g/mol. The van der Waals surface area contributed by atoms with E-state index in [0.717, 1.165) is 10.1 Å². The van der Waals surface area contributed by atoms with Crippen molar-refractivity contribution in [2.24, 2.45) is 0 Å². The second-order valence-electron chi connectivity index (χ2n) is 6.41. The first-order valence-electron chi connectivity index (χ1n) is 8.90. The van der Waals surface area contributed by atoms with Crippen molar-refractivity contribution in [3.05, 3.63) is 79.8 Å². The number of carbonyl (C=O) groups excluding carboxylic acids is 1. The molecule has 0 fully saturated rings. The summed E-state index contributed by atoms with van der Waals surface area (Å²) in [6.45, 7) is 0.0467. The molecule has 0 aliphatic carbocycles. The Kier molecular flexibility index (Phi) is 5.20. The Morgan fingerprint density at radius 2 is 1.97 bits per heavy atom. The van der Waals surface area contributed by atoms with Gasteiger partial charge in [0.15, 0.2) is 0 Å². The first kappa shape index (κ1) is 19.6. The second-order valence-corrected chi connectivity index (χ2v) is 6.84. The van der Waals surface area contributed by atoms with Gasteiger partial charge in [-0.3, -0.25) is 9.36 Å². The van der Waals surface area contributed by atoms with E-state index in [0.29, 0.717) is 10.8 Å². The third-order valence-corrected chi connectivity index (χ3v) is 4.77. The molecule has 0 saturated carbocycles. The normalized spacial score (nSPS) is 11.0. The average Bonchev–Trinajstić information content (AvgIpc) is 3.22. The molecule has 2 aromatic heterocycles. The van der Waals surface area contributed by atoms with Gasteiger partial charge in [0.1, 0.15) is 0 Å². The molecule has 1 N–H and O–H groups in total. The number of H-pyrrole nitrogens is 1. The summed E-state index contributed by atoms with van der Waals surface area (Å²) < 4.78 is 10.9. The fourth-order valence-electron chi connectivity index (χ4n) is 2.98. The number of hydrogen-bond acceptors (Lipinski definition) is 7. The maximum Gasteiger partial charge on any atom is 0.337 e. The second kappa shape index (κ2) is 7.96. The lowest BCUT2D eigenvalue weighted by molar-refractivity contribution is 0.0601. The summed E-state index contributed by atoms with van der Waals surface area (Å²) in [5.74, 6) is 0.110. The third kappa shape index (κ3) is 3.74. The number of aryl methyl sites for hydroxylation is 1. The molecule has 4 rings (SSSR count). The number of aromatic amines is 1. The number of nitrogens with zero attached hydrogens (tertiary/aromatic N) is 3. The number of carbonyl (C=O) groups is 1. The molecule has 0 aliphatic heterocycles. The quantitative estimate of drug-likeness (QED) is 0.486. The molecule has 2 heterocycles. The first-order chi connectivity index (χ1) is 14.5. The van der Waals surface area contributed by atoms with E-state index in [4.69, 9.17) is 16.1 Å². The minimum Gasteiger partial charge on any atom is -0.465 e. The lowest BCUT2D eigenvalue weighted by Gasteiger charge is -2.06. The molecule has 0 radical (unpaired) electrons. The summed E-state index contributed by atoms with van der Waals surface area (Å²) >= 11 is 5.87. The van der Waals surface area contributed by atoms with Gasteiger partial charge in [-0.1, -0.05) is 16.8 Å². The van der Waals surface area contributed by atoms with Crippen molar-refractivity contribution in [3.8, 4) is 11.4 Å². The summed E-state index contributed by atoms with van der Waals surface area (Å²) in [6, 6.07) is 11.3. The summed E-state index contributed by atoms with van der Waals surface area (Å²) in [5, 5.41) is 4.78. The smallest absolute Gasteiger partial charge is 0.337 e. The van der Waals surface area contributed by atoms with Gasteiger partial charge in [0.2, 0.25) is 11.7 Å². The SMILES string of the molecule is COC(=O)c1ccc2c(=O)n(CCc3nc(-c4ccc(Cl)cc4)no3)c(=O)[nH]c2c1. The topological polar surface area (TPSA) is 120 Å². The summed E-state index contributed by atoms with van der Waals surface area (Å²) in [7, 11) is 1.25. The Bertz CT molecular complexity index is 1350. The maximum atomic E-state index is 12.7. The van der Waals surface area contributed by atoms with Crippen LogP contribution >= 0.6 is 11.6 Å². The predicted octanol–water partition coefficient (Wildman–Crippen LogP) is 2.42. The van der Waals surface area contributed by atoms with E-state index in [1.54, 1.807) is 24.3 Å². The Labute approximate surface area is 173 Å². The van der Waals surface area contributed by atoms with Gasteiger partial charge in [-0.05, 0) is 42.5 Å². The largest absolute Gasteiger partial charge is 0.465 e. The Balaban J connectivity index is 1.58. The highest BCUT2D eigenvalue weighted by Gasteiger charge is 2.13. The van der Waals surface area contributed by atoms with E-state index in [2.05, 4.69) is 19.9 Å². The van der Waals surface area contributed by atoms with Crippen LogP contribution in [-0.4, -0.2) is 32.8 Å². The number of esters is 1. The lowest BCUT2D eigenvalue weighted by atomic mass is 10.1. The number of benzene rings is 2. The number of aromatic nitrogens is 4. The number of nitrogens with one attached hydrogen (secondary N) is 1. The summed E-state index contributed by atoms with van der Waals surface area (Å²) in [4.78, 5) is 43.7. The van der Waals surface area contributed by atoms with Crippen LogP contribution in [-0.2, 0) is 17.7 Å². The van der Waals surface area contributed by atoms with Gasteiger partial charge in [-0.25, -0.2) is 9.59 Å². The van der Waals surface area contributed by atoms with E-state index in [9.17, 15) is 14.4 Å². The van der Waals surface area contributed by atoms with Crippen LogP contribution in [0.2, 0.25) is 5.02 Å². The number of fused-ring (bicyclic) bond motifs is 1. The van der Waals surface area contributed by atoms with Gasteiger partial charge in [-0.2, -0.15) is 4.98 Å². The van der Waals surface area contributed by atoms with Crippen molar-refractivity contribution in [1.29, 1.82) is 0 Å². The highest BCUT2D eigenvalue weighted by atomic mass is 35.5. The molecule has 9 nitrogen and oxygen atoms in total. The van der Waals surface area contributed by atoms with Crippen LogP contribution in [0.1, 0.15) is 16.2 Å². The number of hydrogen-bond donors (Lipinski definition) is 1. The molecule has 0 spiro atoms. The molecule has 0 aliphatic rings. The van der Waals surface area contributed by atoms with Gasteiger partial charge in [-0.15, -0.1) is 0 Å². The monoisotopic (exact) mass is 426 g/mol. The molecule has 10 heteroatoms. The Morgan fingerprint density at radius 1 is 1.20 bits per heavy atom. The van der Waals surface area contributed by atoms with Crippen LogP contribution in [0.3, 0.4) is 0 Å². The Hall–Kier alpha value is -3.72. The van der Waals surface area contributed by atoms with Gasteiger partial charge >= 0.3 is 11.7 Å². The highest BCUT2D eigenvalue weighted by molar-refractivity contribution is 6.30. The zero-order valence-electron chi connectivity index (χ0n) is 15.7. The minimum atomic E-state index is -0.605. The van der Waals surface area contributed by atoms with Crippen molar-refractivity contribution in [2.75, 3.05) is 7.11 Å². The first-order valence-corrected chi connectivity index (χ1v) is 9.28. The maximum absolute atomic E-state index is 12.7. The van der Waals surface area contributed by atoms with Crippen LogP contribution in [0.25, 0.3) is 22.3 Å². The lowest BCUT2D eigenvalue weighted by Crippen LogP contribution is -2.35. The summed E-state index contributed by atoms with van der Waals surface area (Å²) in [5.41, 5.74) is 0.136. The van der Waals surface area contributed by atoms with Crippen molar-refractivity contribution in [3.63, 3.8) is 0 Å². The van der Waals surface area contributed by atoms with E-state index in [-0.39, 0.29) is 35.3 Å². The van der Waals surface area contributed by atoms with Crippen molar-refractivity contribution < 1.29 is 14.1 Å². The van der Waals surface area contributed by atoms with E-state index >= 15 is 0 Å². The number of rotatable bonds is 5. The van der Waals surface area contributed by atoms with Crippen molar-refractivity contribution >= 4 is 28.5 Å². The number of methoxy groups -OCH3 is 1. The van der Waals surface area contributed by atoms with E-state index < -0.39 is 17.2 Å². The molecule has 0 saturated heterocycles. The molecule has 0 unspecified atom stereocenters. The molecular formula is C20H15ClN4O5. The summed E-state index contributed by atoms with van der Waals surface area (Å²) in [6.07, 6.45) is 0.190. The Morgan fingerprint density at radius 3 is 2.70 bits per heavy atom. The van der Waals surface area contributed by atoms with E-state index in [1.165, 1.54) is 25.3 Å². The van der Waals surface area contributed by atoms with Crippen LogP contribution < -0.4 is 11.2 Å². The van der Waals surface area contributed by atoms with Gasteiger partial charge in [0.25, 0.3) is 5.56 Å². The van der Waals surface area contributed by atoms with Crippen LogP contribution in [0, 0.1) is 0 Å². The van der Waals surface area contributed by atoms with Crippen LogP contribution in [0.4, 0.5) is 0 Å². The van der Waals surface area contributed by atoms with Gasteiger partial charge in [0.05, 0.1) is 23.6 Å². The van der Waals surface area contributed by atoms with Crippen LogP contribution in [0.15, 0.2) is 56.6 Å². The fraction of sp³-hybridized carbons (Fsp3) is 0.150. The highest BCUT2D eigenvalue weighted by Crippen LogP contribution is 2.18. The number of halogens is 1. The van der Waals surface area contributed by atoms with Crippen LogP contribution in [0.5, 0.6) is 0 Å². The van der Waals surface area contributed by atoms with Crippen molar-refractivity contribution in [2.45, 2.75) is 13.0 Å².